The third-order valence-corrected chi connectivity index (χ3v) is 7.17. The molecule has 0 aliphatic heterocycles. The van der Waals surface area contributed by atoms with Crippen molar-refractivity contribution in [3.05, 3.63) is 70.7 Å². The Bertz CT molecular complexity index is 728. The van der Waals surface area contributed by atoms with Gasteiger partial charge in [0.25, 0.3) is 0 Å². The molecule has 3 rings (SSSR count). The van der Waals surface area contributed by atoms with Gasteiger partial charge in [-0.2, -0.15) is 0 Å². The second kappa shape index (κ2) is 9.43. The highest BCUT2D eigenvalue weighted by Crippen LogP contribution is 2.46. The van der Waals surface area contributed by atoms with Crippen molar-refractivity contribution in [3.63, 3.8) is 0 Å². The van der Waals surface area contributed by atoms with Crippen molar-refractivity contribution in [1.82, 2.24) is 9.80 Å². The van der Waals surface area contributed by atoms with Crippen LogP contribution in [0.2, 0.25) is 5.02 Å². The molecular formula is C25H35ClN2. The van der Waals surface area contributed by atoms with Gasteiger partial charge in [-0.25, -0.2) is 0 Å². The van der Waals surface area contributed by atoms with E-state index >= 15 is 0 Å². The second-order valence-electron chi connectivity index (χ2n) is 8.63. The normalized spacial score (nSPS) is 25.4. The molecule has 2 aromatic rings. The minimum atomic E-state index is 0.113. The number of hydrogen-bond acceptors (Lipinski definition) is 2. The Morgan fingerprint density at radius 1 is 1.00 bits per heavy atom. The third kappa shape index (κ3) is 4.62. The molecule has 0 aromatic heterocycles. The molecule has 0 radical (unpaired) electrons. The molecule has 0 N–H and O–H groups in total. The highest BCUT2D eigenvalue weighted by molar-refractivity contribution is 6.30. The molecule has 3 heteroatoms. The van der Waals surface area contributed by atoms with Crippen molar-refractivity contribution in [1.29, 1.82) is 0 Å². The van der Waals surface area contributed by atoms with Crippen LogP contribution < -0.4 is 0 Å². The minimum absolute atomic E-state index is 0.113. The van der Waals surface area contributed by atoms with E-state index in [1.807, 2.05) is 12.1 Å². The Balaban J connectivity index is 1.73. The lowest BCUT2D eigenvalue weighted by Crippen LogP contribution is -2.52. The fourth-order valence-electron chi connectivity index (χ4n) is 5.09. The molecule has 3 unspecified atom stereocenters. The zero-order valence-corrected chi connectivity index (χ0v) is 18.6. The molecule has 1 aliphatic rings. The highest BCUT2D eigenvalue weighted by Gasteiger charge is 2.43. The van der Waals surface area contributed by atoms with Crippen molar-refractivity contribution in [3.8, 4) is 0 Å². The van der Waals surface area contributed by atoms with Crippen LogP contribution in [0.15, 0.2) is 54.6 Å². The van der Waals surface area contributed by atoms with Gasteiger partial charge in [0.2, 0.25) is 0 Å². The van der Waals surface area contributed by atoms with Gasteiger partial charge in [-0.05, 0) is 76.0 Å². The SMILES string of the molecule is CCC1CC(c2ccc(Cl)cc2)(N(C)C)CCC1N(C)CCc1ccccc1. The Kier molecular flexibility index (Phi) is 7.20. The summed E-state index contributed by atoms with van der Waals surface area (Å²) >= 11 is 6.16. The summed E-state index contributed by atoms with van der Waals surface area (Å²) in [4.78, 5) is 5.06. The molecule has 152 valence electrons. The Labute approximate surface area is 176 Å². The predicted molar refractivity (Wildman–Crippen MR) is 121 cm³/mol. The van der Waals surface area contributed by atoms with Gasteiger partial charge >= 0.3 is 0 Å². The summed E-state index contributed by atoms with van der Waals surface area (Å²) in [5.74, 6) is 0.701. The fraction of sp³-hybridized carbons (Fsp3) is 0.520. The first-order valence-corrected chi connectivity index (χ1v) is 11.0. The Hall–Kier alpha value is -1.35. The van der Waals surface area contributed by atoms with Gasteiger partial charge in [0.15, 0.2) is 0 Å². The van der Waals surface area contributed by atoms with Crippen molar-refractivity contribution in [2.45, 2.75) is 50.6 Å². The maximum Gasteiger partial charge on any atom is 0.0458 e. The van der Waals surface area contributed by atoms with E-state index in [0.29, 0.717) is 12.0 Å². The lowest BCUT2D eigenvalue weighted by atomic mass is 9.68. The monoisotopic (exact) mass is 398 g/mol. The highest BCUT2D eigenvalue weighted by atomic mass is 35.5. The van der Waals surface area contributed by atoms with Gasteiger partial charge in [0, 0.05) is 23.1 Å². The molecule has 0 bridgehead atoms. The molecule has 0 amide bonds. The third-order valence-electron chi connectivity index (χ3n) is 6.92. The van der Waals surface area contributed by atoms with Crippen LogP contribution in [0, 0.1) is 5.92 Å². The van der Waals surface area contributed by atoms with Gasteiger partial charge in [0.05, 0.1) is 0 Å². The quantitative estimate of drug-likeness (QED) is 0.577. The second-order valence-corrected chi connectivity index (χ2v) is 9.06. The summed E-state index contributed by atoms with van der Waals surface area (Å²) in [5.41, 5.74) is 2.95. The van der Waals surface area contributed by atoms with Gasteiger partial charge in [-0.3, -0.25) is 4.90 Å². The van der Waals surface area contributed by atoms with Crippen LogP contribution in [0.3, 0.4) is 0 Å². The van der Waals surface area contributed by atoms with Crippen LogP contribution in [0.1, 0.15) is 43.7 Å². The van der Waals surface area contributed by atoms with Crippen molar-refractivity contribution < 1.29 is 0 Å². The number of nitrogens with zero attached hydrogens (tertiary/aromatic N) is 2. The van der Waals surface area contributed by atoms with E-state index in [0.717, 1.165) is 18.0 Å². The molecule has 2 nitrogen and oxygen atoms in total. The smallest absolute Gasteiger partial charge is 0.0458 e. The maximum atomic E-state index is 6.16. The maximum absolute atomic E-state index is 6.16. The summed E-state index contributed by atoms with van der Waals surface area (Å²) in [7, 11) is 6.79. The average Bonchev–Trinajstić information content (AvgIpc) is 2.72. The summed E-state index contributed by atoms with van der Waals surface area (Å²) in [6, 6.07) is 20.1. The lowest BCUT2D eigenvalue weighted by Gasteiger charge is -2.51. The molecule has 3 atom stereocenters. The zero-order chi connectivity index (χ0) is 20.1. The van der Waals surface area contributed by atoms with Gasteiger partial charge < -0.3 is 4.90 Å². The molecule has 0 heterocycles. The molecule has 1 aliphatic carbocycles. The largest absolute Gasteiger partial charge is 0.303 e. The van der Waals surface area contributed by atoms with E-state index in [2.05, 4.69) is 80.3 Å². The van der Waals surface area contributed by atoms with Crippen molar-refractivity contribution in [2.75, 3.05) is 27.7 Å². The molecule has 2 aromatic carbocycles. The summed E-state index contributed by atoms with van der Waals surface area (Å²) in [6.45, 7) is 3.48. The molecule has 28 heavy (non-hydrogen) atoms. The predicted octanol–water partition coefficient (Wildman–Crippen LogP) is 5.85. The number of hydrogen-bond donors (Lipinski definition) is 0. The van der Waals surface area contributed by atoms with Gasteiger partial charge in [0.1, 0.15) is 0 Å². The van der Waals surface area contributed by atoms with E-state index < -0.39 is 0 Å². The van der Waals surface area contributed by atoms with E-state index in [1.54, 1.807) is 0 Å². The van der Waals surface area contributed by atoms with Gasteiger partial charge in [-0.15, -0.1) is 0 Å². The number of likely N-dealkylation sites (N-methyl/N-ethyl adjacent to an activating group) is 1. The van der Waals surface area contributed by atoms with E-state index in [9.17, 15) is 0 Å². The summed E-state index contributed by atoms with van der Waals surface area (Å²) in [5, 5.41) is 0.819. The minimum Gasteiger partial charge on any atom is -0.303 e. The number of benzene rings is 2. The van der Waals surface area contributed by atoms with Crippen LogP contribution in [0.25, 0.3) is 0 Å². The molecule has 0 saturated heterocycles. The van der Waals surface area contributed by atoms with Crippen LogP contribution in [0.5, 0.6) is 0 Å². The topological polar surface area (TPSA) is 6.48 Å². The van der Waals surface area contributed by atoms with E-state index in [4.69, 9.17) is 11.6 Å². The fourth-order valence-corrected chi connectivity index (χ4v) is 5.22. The van der Waals surface area contributed by atoms with E-state index in [1.165, 1.54) is 36.8 Å². The first kappa shape index (κ1) is 21.4. The van der Waals surface area contributed by atoms with Crippen molar-refractivity contribution >= 4 is 11.6 Å². The first-order valence-electron chi connectivity index (χ1n) is 10.6. The van der Waals surface area contributed by atoms with Crippen LogP contribution in [-0.4, -0.2) is 43.5 Å². The summed E-state index contributed by atoms with van der Waals surface area (Å²) in [6.07, 6.45) is 5.99. The van der Waals surface area contributed by atoms with Crippen LogP contribution >= 0.6 is 11.6 Å². The van der Waals surface area contributed by atoms with E-state index in [-0.39, 0.29) is 5.54 Å². The molecule has 1 saturated carbocycles. The molecular weight excluding hydrogens is 364 g/mol. The Morgan fingerprint density at radius 3 is 2.29 bits per heavy atom. The van der Waals surface area contributed by atoms with Gasteiger partial charge in [-0.1, -0.05) is 67.4 Å². The standard InChI is InChI=1S/C25H35ClN2/c1-5-21-19-25(27(2)3,22-11-13-23(26)14-12-22)17-15-24(21)28(4)18-16-20-9-7-6-8-10-20/h6-14,21,24H,5,15-19H2,1-4H3. The van der Waals surface area contributed by atoms with Crippen LogP contribution in [0.4, 0.5) is 0 Å². The molecule has 0 spiro atoms. The first-order chi connectivity index (χ1) is 13.5. The number of halogens is 1. The average molecular weight is 399 g/mol. The molecule has 1 fully saturated rings. The number of rotatable bonds is 7. The van der Waals surface area contributed by atoms with Crippen molar-refractivity contribution in [2.24, 2.45) is 5.92 Å². The zero-order valence-electron chi connectivity index (χ0n) is 17.9. The summed E-state index contributed by atoms with van der Waals surface area (Å²) < 4.78 is 0. The lowest BCUT2D eigenvalue weighted by molar-refractivity contribution is 0.0150. The Morgan fingerprint density at radius 2 is 1.68 bits per heavy atom. The van der Waals surface area contributed by atoms with Crippen LogP contribution in [-0.2, 0) is 12.0 Å².